The minimum atomic E-state index is -3.86. The first-order valence-corrected chi connectivity index (χ1v) is 7.15. The molecule has 2 rings (SSSR count). The van der Waals surface area contributed by atoms with Gasteiger partial charge in [-0.2, -0.15) is 0 Å². The second kappa shape index (κ2) is 5.43. The number of sulfonamides is 1. The van der Waals surface area contributed by atoms with Crippen molar-refractivity contribution >= 4 is 33.2 Å². The lowest BCUT2D eigenvalue weighted by molar-refractivity contribution is 0.100. The molecule has 0 fully saturated rings. The maximum absolute atomic E-state index is 12.0. The SMILES string of the molecule is NC(=O)c1cccc(NS(=O)(=O)c2cnc(Cl)nc2)c1. The summed E-state index contributed by atoms with van der Waals surface area (Å²) < 4.78 is 26.4. The van der Waals surface area contributed by atoms with Crippen molar-refractivity contribution in [2.24, 2.45) is 5.73 Å². The molecule has 0 atom stereocenters. The molecule has 104 valence electrons. The highest BCUT2D eigenvalue weighted by Gasteiger charge is 2.15. The summed E-state index contributed by atoms with van der Waals surface area (Å²) in [5.74, 6) is -0.652. The van der Waals surface area contributed by atoms with E-state index in [0.717, 1.165) is 12.4 Å². The van der Waals surface area contributed by atoms with Gasteiger partial charge in [-0.05, 0) is 29.8 Å². The number of anilines is 1. The summed E-state index contributed by atoms with van der Waals surface area (Å²) in [5, 5.41) is -0.0559. The number of benzene rings is 1. The zero-order valence-electron chi connectivity index (χ0n) is 9.95. The Hall–Kier alpha value is -2.19. The molecule has 0 aliphatic carbocycles. The number of rotatable bonds is 4. The topological polar surface area (TPSA) is 115 Å². The van der Waals surface area contributed by atoms with Crippen LogP contribution in [-0.4, -0.2) is 24.3 Å². The van der Waals surface area contributed by atoms with E-state index in [1.165, 1.54) is 24.3 Å². The van der Waals surface area contributed by atoms with E-state index in [-0.39, 0.29) is 21.4 Å². The van der Waals surface area contributed by atoms with Crippen LogP contribution in [0.15, 0.2) is 41.6 Å². The molecule has 1 heterocycles. The third-order valence-electron chi connectivity index (χ3n) is 2.31. The standard InChI is InChI=1S/C11H9ClN4O3S/c12-11-14-5-9(6-15-11)20(18,19)16-8-3-1-2-7(4-8)10(13)17/h1-6,16H,(H2,13,17). The first kappa shape index (κ1) is 14.2. The molecule has 2 aromatic rings. The first-order valence-electron chi connectivity index (χ1n) is 5.29. The first-order chi connectivity index (χ1) is 9.38. The van der Waals surface area contributed by atoms with Crippen LogP contribution in [0.3, 0.4) is 0 Å². The van der Waals surface area contributed by atoms with Gasteiger partial charge in [0.25, 0.3) is 10.0 Å². The van der Waals surface area contributed by atoms with Crippen molar-refractivity contribution in [2.75, 3.05) is 4.72 Å². The van der Waals surface area contributed by atoms with E-state index in [4.69, 9.17) is 17.3 Å². The van der Waals surface area contributed by atoms with E-state index in [1.54, 1.807) is 0 Å². The lowest BCUT2D eigenvalue weighted by Gasteiger charge is -2.08. The molecule has 0 bridgehead atoms. The molecule has 1 aromatic carbocycles. The number of nitrogens with zero attached hydrogens (tertiary/aromatic N) is 2. The number of carbonyl (C=O) groups excluding carboxylic acids is 1. The molecule has 0 saturated carbocycles. The Bertz CT molecular complexity index is 747. The predicted octanol–water partition coefficient (Wildman–Crippen LogP) is 1.03. The number of halogens is 1. The Morgan fingerprint density at radius 1 is 1.25 bits per heavy atom. The van der Waals surface area contributed by atoms with Crippen LogP contribution in [0.1, 0.15) is 10.4 Å². The van der Waals surface area contributed by atoms with Gasteiger partial charge in [0.15, 0.2) is 0 Å². The van der Waals surface area contributed by atoms with Crippen molar-refractivity contribution in [3.05, 3.63) is 47.5 Å². The average Bonchev–Trinajstić information content (AvgIpc) is 2.39. The smallest absolute Gasteiger partial charge is 0.264 e. The third-order valence-corrected chi connectivity index (χ3v) is 3.84. The molecule has 0 radical (unpaired) electrons. The van der Waals surface area contributed by atoms with E-state index in [2.05, 4.69) is 14.7 Å². The molecule has 7 nitrogen and oxygen atoms in total. The molecule has 3 N–H and O–H groups in total. The van der Waals surface area contributed by atoms with Gasteiger partial charge in [0, 0.05) is 11.3 Å². The number of nitrogens with one attached hydrogen (secondary N) is 1. The third kappa shape index (κ3) is 3.22. The van der Waals surface area contributed by atoms with E-state index in [9.17, 15) is 13.2 Å². The number of carbonyl (C=O) groups is 1. The summed E-state index contributed by atoms with van der Waals surface area (Å²) in [4.78, 5) is 18.1. The summed E-state index contributed by atoms with van der Waals surface area (Å²) in [7, 11) is -3.86. The highest BCUT2D eigenvalue weighted by Crippen LogP contribution is 2.16. The largest absolute Gasteiger partial charge is 0.366 e. The van der Waals surface area contributed by atoms with Crippen LogP contribution < -0.4 is 10.5 Å². The van der Waals surface area contributed by atoms with E-state index in [0.29, 0.717) is 0 Å². The van der Waals surface area contributed by atoms with Crippen molar-refractivity contribution < 1.29 is 13.2 Å². The number of hydrogen-bond acceptors (Lipinski definition) is 5. The molecule has 0 unspecified atom stereocenters. The predicted molar refractivity (Wildman–Crippen MR) is 72.8 cm³/mol. The van der Waals surface area contributed by atoms with Gasteiger partial charge < -0.3 is 5.73 Å². The molecule has 20 heavy (non-hydrogen) atoms. The van der Waals surface area contributed by atoms with Crippen molar-refractivity contribution in [1.82, 2.24) is 9.97 Å². The van der Waals surface area contributed by atoms with Crippen LogP contribution in [-0.2, 0) is 10.0 Å². The van der Waals surface area contributed by atoms with Gasteiger partial charge in [0.2, 0.25) is 11.2 Å². The van der Waals surface area contributed by atoms with Gasteiger partial charge in [-0.3, -0.25) is 9.52 Å². The molecular weight excluding hydrogens is 304 g/mol. The number of hydrogen-bond donors (Lipinski definition) is 2. The van der Waals surface area contributed by atoms with Gasteiger partial charge >= 0.3 is 0 Å². The van der Waals surface area contributed by atoms with E-state index < -0.39 is 15.9 Å². The molecular formula is C11H9ClN4O3S. The quantitative estimate of drug-likeness (QED) is 0.818. The number of nitrogens with two attached hydrogens (primary N) is 1. The molecule has 9 heteroatoms. The number of primary amides is 1. The van der Waals surface area contributed by atoms with Crippen LogP contribution in [0, 0.1) is 0 Å². The summed E-state index contributed by atoms with van der Waals surface area (Å²) in [5.41, 5.74) is 5.52. The van der Waals surface area contributed by atoms with E-state index in [1.807, 2.05) is 0 Å². The highest BCUT2D eigenvalue weighted by atomic mass is 35.5. The van der Waals surface area contributed by atoms with Crippen LogP contribution >= 0.6 is 11.6 Å². The molecule has 0 aliphatic rings. The second-order valence-electron chi connectivity index (χ2n) is 3.74. The van der Waals surface area contributed by atoms with Crippen LogP contribution in [0.4, 0.5) is 5.69 Å². The fourth-order valence-electron chi connectivity index (χ4n) is 1.39. The zero-order chi connectivity index (χ0) is 14.8. The Morgan fingerprint density at radius 3 is 2.50 bits per heavy atom. The van der Waals surface area contributed by atoms with Crippen LogP contribution in [0.25, 0.3) is 0 Å². The van der Waals surface area contributed by atoms with Gasteiger partial charge in [0.1, 0.15) is 4.90 Å². The molecule has 0 spiro atoms. The van der Waals surface area contributed by atoms with Crippen molar-refractivity contribution in [2.45, 2.75) is 4.90 Å². The Kier molecular flexibility index (Phi) is 3.86. The minimum Gasteiger partial charge on any atom is -0.366 e. The van der Waals surface area contributed by atoms with Crippen molar-refractivity contribution in [1.29, 1.82) is 0 Å². The monoisotopic (exact) mass is 312 g/mol. The Labute approximate surface area is 119 Å². The number of aromatic nitrogens is 2. The molecule has 1 aromatic heterocycles. The maximum Gasteiger partial charge on any atom is 0.264 e. The molecule has 0 saturated heterocycles. The molecule has 0 aliphatic heterocycles. The van der Waals surface area contributed by atoms with Crippen molar-refractivity contribution in [3.8, 4) is 0 Å². The minimum absolute atomic E-state index is 0.0559. The average molecular weight is 313 g/mol. The highest BCUT2D eigenvalue weighted by molar-refractivity contribution is 7.92. The van der Waals surface area contributed by atoms with Crippen molar-refractivity contribution in [3.63, 3.8) is 0 Å². The lowest BCUT2D eigenvalue weighted by Crippen LogP contribution is -2.15. The van der Waals surface area contributed by atoms with Gasteiger partial charge in [-0.25, -0.2) is 18.4 Å². The van der Waals surface area contributed by atoms with E-state index >= 15 is 0 Å². The summed E-state index contributed by atoms with van der Waals surface area (Å²) >= 11 is 5.49. The normalized spacial score (nSPS) is 11.1. The van der Waals surface area contributed by atoms with Crippen LogP contribution in [0.5, 0.6) is 0 Å². The maximum atomic E-state index is 12.0. The lowest BCUT2D eigenvalue weighted by atomic mass is 10.2. The summed E-state index contributed by atoms with van der Waals surface area (Å²) in [6.07, 6.45) is 2.16. The number of amides is 1. The molecule has 1 amide bonds. The van der Waals surface area contributed by atoms with Gasteiger partial charge in [-0.1, -0.05) is 6.07 Å². The fraction of sp³-hybridized carbons (Fsp3) is 0. The van der Waals surface area contributed by atoms with Gasteiger partial charge in [0.05, 0.1) is 12.4 Å². The summed E-state index contributed by atoms with van der Waals surface area (Å²) in [6, 6.07) is 5.80. The zero-order valence-corrected chi connectivity index (χ0v) is 11.5. The second-order valence-corrected chi connectivity index (χ2v) is 5.76. The summed E-state index contributed by atoms with van der Waals surface area (Å²) in [6.45, 7) is 0. The van der Waals surface area contributed by atoms with Gasteiger partial charge in [-0.15, -0.1) is 0 Å². The Balaban J connectivity index is 2.31. The Morgan fingerprint density at radius 2 is 1.90 bits per heavy atom. The fourth-order valence-corrected chi connectivity index (χ4v) is 2.42. The van der Waals surface area contributed by atoms with Crippen LogP contribution in [0.2, 0.25) is 5.28 Å².